The van der Waals surface area contributed by atoms with E-state index in [-0.39, 0.29) is 28.7 Å². The Kier molecular flexibility index (Phi) is 9.46. The molecule has 0 aromatic heterocycles. The topological polar surface area (TPSA) is 96.0 Å². The summed E-state index contributed by atoms with van der Waals surface area (Å²) in [4.78, 5) is 27.8. The van der Waals surface area contributed by atoms with Gasteiger partial charge in [-0.05, 0) is 63.2 Å². The minimum atomic E-state index is -4.18. The number of anilines is 1. The second-order valence-electron chi connectivity index (χ2n) is 8.98. The van der Waals surface area contributed by atoms with Crippen molar-refractivity contribution in [2.75, 3.05) is 18.0 Å². The molecule has 2 amide bonds. The molecule has 0 heterocycles. The molecule has 0 bridgehead atoms. The van der Waals surface area contributed by atoms with Gasteiger partial charge >= 0.3 is 0 Å². The molecule has 3 aromatic carbocycles. The van der Waals surface area contributed by atoms with E-state index in [1.807, 2.05) is 0 Å². The van der Waals surface area contributed by atoms with Crippen LogP contribution in [0.4, 0.5) is 10.1 Å². The fraction of sp³-hybridized carbons (Fsp3) is 0.286. The van der Waals surface area contributed by atoms with Gasteiger partial charge in [0, 0.05) is 18.2 Å². The molecule has 38 heavy (non-hydrogen) atoms. The number of carbonyl (C=O) groups is 2. The van der Waals surface area contributed by atoms with Crippen LogP contribution in [-0.2, 0) is 26.2 Å². The molecule has 3 aromatic rings. The molecule has 0 aliphatic heterocycles. The molecule has 0 unspecified atom stereocenters. The summed E-state index contributed by atoms with van der Waals surface area (Å²) in [6.45, 7) is 4.26. The molecule has 0 radical (unpaired) electrons. The fourth-order valence-corrected chi connectivity index (χ4v) is 5.23. The third kappa shape index (κ3) is 6.89. The maximum absolute atomic E-state index is 14.5. The van der Waals surface area contributed by atoms with Crippen LogP contribution in [0.25, 0.3) is 0 Å². The van der Waals surface area contributed by atoms with Gasteiger partial charge in [0.05, 0.1) is 17.7 Å². The van der Waals surface area contributed by atoms with Gasteiger partial charge in [-0.3, -0.25) is 13.9 Å². The number of amides is 2. The third-order valence-corrected chi connectivity index (χ3v) is 7.66. The number of ether oxygens (including phenoxy) is 1. The van der Waals surface area contributed by atoms with Crippen molar-refractivity contribution in [3.63, 3.8) is 0 Å². The van der Waals surface area contributed by atoms with Crippen molar-refractivity contribution in [3.8, 4) is 5.75 Å². The van der Waals surface area contributed by atoms with Crippen molar-refractivity contribution in [3.05, 3.63) is 90.2 Å². The molecule has 0 spiro atoms. The molecule has 202 valence electrons. The molecule has 0 saturated carbocycles. The zero-order chi connectivity index (χ0) is 27.9. The predicted molar refractivity (Wildman–Crippen MR) is 144 cm³/mol. The lowest BCUT2D eigenvalue weighted by Crippen LogP contribution is -2.52. The monoisotopic (exact) mass is 541 g/mol. The van der Waals surface area contributed by atoms with Crippen LogP contribution >= 0.6 is 0 Å². The van der Waals surface area contributed by atoms with Crippen LogP contribution in [0.2, 0.25) is 0 Å². The van der Waals surface area contributed by atoms with E-state index in [9.17, 15) is 22.4 Å². The van der Waals surface area contributed by atoms with Gasteiger partial charge in [-0.25, -0.2) is 12.8 Å². The number of hydrogen-bond donors (Lipinski definition) is 1. The lowest BCUT2D eigenvalue weighted by atomic mass is 10.1. The van der Waals surface area contributed by atoms with E-state index in [4.69, 9.17) is 4.74 Å². The summed E-state index contributed by atoms with van der Waals surface area (Å²) >= 11 is 0. The van der Waals surface area contributed by atoms with Crippen molar-refractivity contribution >= 4 is 27.5 Å². The fourth-order valence-electron chi connectivity index (χ4n) is 3.79. The molecule has 3 rings (SSSR count). The van der Waals surface area contributed by atoms with Gasteiger partial charge < -0.3 is 15.0 Å². The zero-order valence-corrected chi connectivity index (χ0v) is 22.6. The van der Waals surface area contributed by atoms with Crippen molar-refractivity contribution in [1.82, 2.24) is 10.2 Å². The van der Waals surface area contributed by atoms with E-state index in [0.717, 1.165) is 4.31 Å². The van der Waals surface area contributed by atoms with Crippen LogP contribution in [-0.4, -0.2) is 50.9 Å². The van der Waals surface area contributed by atoms with Crippen molar-refractivity contribution in [2.24, 2.45) is 0 Å². The third-order valence-electron chi connectivity index (χ3n) is 5.87. The highest BCUT2D eigenvalue weighted by Crippen LogP contribution is 2.26. The normalized spacial score (nSPS) is 12.1. The first-order valence-electron chi connectivity index (χ1n) is 12.1. The molecular weight excluding hydrogens is 509 g/mol. The van der Waals surface area contributed by atoms with Crippen LogP contribution < -0.4 is 14.4 Å². The van der Waals surface area contributed by atoms with Crippen LogP contribution in [0, 0.1) is 5.82 Å². The smallest absolute Gasteiger partial charge is 0.264 e. The standard InChI is InChI=1S/C28H32FN3O5S/c1-20(2)30-28(34)21(3)31(18-22-10-8-9-13-26(22)29)27(33)19-32(23-14-16-24(37-4)17-15-23)38(35,36)25-11-6-5-7-12-25/h5-17,20-21H,18-19H2,1-4H3,(H,30,34)/t21-/m1/s1. The average molecular weight is 542 g/mol. The highest BCUT2D eigenvalue weighted by molar-refractivity contribution is 7.92. The van der Waals surface area contributed by atoms with E-state index in [1.165, 1.54) is 61.4 Å². The summed E-state index contributed by atoms with van der Waals surface area (Å²) in [5.41, 5.74) is 0.431. The maximum atomic E-state index is 14.5. The Morgan fingerprint density at radius 3 is 2.11 bits per heavy atom. The Morgan fingerprint density at radius 2 is 1.53 bits per heavy atom. The summed E-state index contributed by atoms with van der Waals surface area (Å²) in [6, 6.07) is 18.7. The van der Waals surface area contributed by atoms with Crippen LogP contribution in [0.5, 0.6) is 5.75 Å². The number of carbonyl (C=O) groups excluding carboxylic acids is 2. The summed E-state index contributed by atoms with van der Waals surface area (Å²) in [7, 11) is -2.69. The van der Waals surface area contributed by atoms with Crippen molar-refractivity contribution < 1.29 is 27.1 Å². The average Bonchev–Trinajstić information content (AvgIpc) is 2.91. The van der Waals surface area contributed by atoms with E-state index >= 15 is 0 Å². The number of halogens is 1. The lowest BCUT2D eigenvalue weighted by Gasteiger charge is -2.32. The van der Waals surface area contributed by atoms with Crippen LogP contribution in [0.15, 0.2) is 83.8 Å². The first kappa shape index (κ1) is 28.6. The predicted octanol–water partition coefficient (Wildman–Crippen LogP) is 3.97. The number of methoxy groups -OCH3 is 1. The number of hydrogen-bond acceptors (Lipinski definition) is 5. The Balaban J connectivity index is 2.03. The van der Waals surface area contributed by atoms with Gasteiger partial charge in [0.2, 0.25) is 11.8 Å². The number of nitrogens with one attached hydrogen (secondary N) is 1. The zero-order valence-electron chi connectivity index (χ0n) is 21.8. The molecule has 0 aliphatic rings. The van der Waals surface area contributed by atoms with Gasteiger partial charge in [-0.1, -0.05) is 36.4 Å². The van der Waals surface area contributed by atoms with Crippen LogP contribution in [0.3, 0.4) is 0 Å². The number of rotatable bonds is 11. The van der Waals surface area contributed by atoms with Gasteiger partial charge in [-0.15, -0.1) is 0 Å². The summed E-state index contributed by atoms with van der Waals surface area (Å²) in [5, 5.41) is 2.76. The van der Waals surface area contributed by atoms with E-state index in [2.05, 4.69) is 5.32 Å². The Labute approximate surface area is 223 Å². The minimum Gasteiger partial charge on any atom is -0.497 e. The van der Waals surface area contributed by atoms with Gasteiger partial charge in [-0.2, -0.15) is 0 Å². The molecular formula is C28H32FN3O5S. The molecule has 10 heteroatoms. The number of nitrogens with zero attached hydrogens (tertiary/aromatic N) is 2. The summed E-state index contributed by atoms with van der Waals surface area (Å²) in [5.74, 6) is -1.13. The molecule has 0 aliphatic carbocycles. The SMILES string of the molecule is COc1ccc(N(CC(=O)N(Cc2ccccc2F)[C@H](C)C(=O)NC(C)C)S(=O)(=O)c2ccccc2)cc1. The molecule has 8 nitrogen and oxygen atoms in total. The highest BCUT2D eigenvalue weighted by atomic mass is 32.2. The maximum Gasteiger partial charge on any atom is 0.264 e. The second kappa shape index (κ2) is 12.6. The lowest BCUT2D eigenvalue weighted by molar-refractivity contribution is -0.139. The molecule has 1 atom stereocenters. The quantitative estimate of drug-likeness (QED) is 0.396. The number of benzene rings is 3. The summed E-state index contributed by atoms with van der Waals surface area (Å²) in [6.07, 6.45) is 0. The molecule has 0 saturated heterocycles. The molecule has 0 fully saturated rings. The molecule has 1 N–H and O–H groups in total. The first-order chi connectivity index (χ1) is 18.0. The van der Waals surface area contributed by atoms with Crippen molar-refractivity contribution in [1.29, 1.82) is 0 Å². The highest BCUT2D eigenvalue weighted by Gasteiger charge is 2.33. The Hall–Kier alpha value is -3.92. The summed E-state index contributed by atoms with van der Waals surface area (Å²) < 4.78 is 48.1. The Morgan fingerprint density at radius 1 is 0.921 bits per heavy atom. The van der Waals surface area contributed by atoms with Gasteiger partial charge in [0.15, 0.2) is 0 Å². The second-order valence-corrected chi connectivity index (χ2v) is 10.8. The van der Waals surface area contributed by atoms with Crippen molar-refractivity contribution in [2.45, 2.75) is 44.3 Å². The minimum absolute atomic E-state index is 0.00475. The van der Waals surface area contributed by atoms with E-state index in [1.54, 1.807) is 50.2 Å². The van der Waals surface area contributed by atoms with E-state index in [0.29, 0.717) is 5.75 Å². The Bertz CT molecular complexity index is 1350. The van der Waals surface area contributed by atoms with Gasteiger partial charge in [0.25, 0.3) is 10.0 Å². The van der Waals surface area contributed by atoms with Gasteiger partial charge in [0.1, 0.15) is 24.2 Å². The largest absolute Gasteiger partial charge is 0.497 e. The van der Waals surface area contributed by atoms with E-state index < -0.39 is 40.2 Å². The first-order valence-corrected chi connectivity index (χ1v) is 13.5. The number of sulfonamides is 1. The van der Waals surface area contributed by atoms with Crippen LogP contribution in [0.1, 0.15) is 26.3 Å².